The first-order valence-corrected chi connectivity index (χ1v) is 9.69. The second-order valence-electron chi connectivity index (χ2n) is 7.18. The third kappa shape index (κ3) is 5.06. The molecule has 3 aromatic heterocycles. The number of hydrogen-bond donors (Lipinski definition) is 5. The van der Waals surface area contributed by atoms with Gasteiger partial charge in [-0.3, -0.25) is 4.90 Å². The number of H-pyrrole nitrogens is 3. The summed E-state index contributed by atoms with van der Waals surface area (Å²) in [6.45, 7) is 9.86. The number of aromatic amines is 3. The summed E-state index contributed by atoms with van der Waals surface area (Å²) in [5, 5.41) is 3.47. The quantitative estimate of drug-likeness (QED) is 0.313. The van der Waals surface area contributed by atoms with Crippen LogP contribution in [0.1, 0.15) is 34.2 Å². The number of aryl methyl sites for hydroxylation is 3. The van der Waals surface area contributed by atoms with E-state index in [-0.39, 0.29) is 6.04 Å². The maximum Gasteiger partial charge on any atom is 0.0925 e. The van der Waals surface area contributed by atoms with Gasteiger partial charge in [-0.2, -0.15) is 0 Å². The van der Waals surface area contributed by atoms with Crippen LogP contribution in [0.3, 0.4) is 0 Å². The van der Waals surface area contributed by atoms with Gasteiger partial charge in [0.15, 0.2) is 0 Å². The molecular weight excluding hydrogens is 354 g/mol. The van der Waals surface area contributed by atoms with Crippen molar-refractivity contribution in [2.45, 2.75) is 46.3 Å². The van der Waals surface area contributed by atoms with Crippen LogP contribution in [0.2, 0.25) is 0 Å². The van der Waals surface area contributed by atoms with Crippen molar-refractivity contribution >= 4 is 0 Å². The van der Waals surface area contributed by atoms with E-state index in [4.69, 9.17) is 5.73 Å². The van der Waals surface area contributed by atoms with Gasteiger partial charge >= 0.3 is 0 Å². The Balaban J connectivity index is 1.85. The summed E-state index contributed by atoms with van der Waals surface area (Å²) in [4.78, 5) is 25.5. The van der Waals surface area contributed by atoms with Crippen LogP contribution in [0.4, 0.5) is 0 Å². The van der Waals surface area contributed by atoms with E-state index in [0.29, 0.717) is 6.54 Å². The third-order valence-electron chi connectivity index (χ3n) is 5.16. The average molecular weight is 386 g/mol. The van der Waals surface area contributed by atoms with E-state index < -0.39 is 0 Å². The lowest BCUT2D eigenvalue weighted by atomic mass is 10.1. The summed E-state index contributed by atoms with van der Waals surface area (Å²) in [5.74, 6) is 0. The number of nitrogens with zero attached hydrogens (tertiary/aromatic N) is 4. The fourth-order valence-electron chi connectivity index (χ4n) is 3.31. The minimum Gasteiger partial charge on any atom is -0.348 e. The van der Waals surface area contributed by atoms with Crippen LogP contribution in [0.5, 0.6) is 0 Å². The molecule has 3 aromatic rings. The standard InChI is InChI=1S/C19H31N9/c1-13-17(25-10-22-13)6-16(7-21-5-4-20)28(8-18-14(2)23-11-26-18)9-19-15(3)24-12-27-19/h10-12,16,21H,4-9,20H2,1-3H3,(H,22,25)(H,23,26)(H,24,27). The first kappa shape index (κ1) is 20.2. The topological polar surface area (TPSA) is 127 Å². The molecule has 3 heterocycles. The zero-order valence-electron chi connectivity index (χ0n) is 16.9. The van der Waals surface area contributed by atoms with Gasteiger partial charge in [-0.25, -0.2) is 15.0 Å². The Labute approximate surface area is 165 Å². The molecular formula is C19H31N9. The lowest BCUT2D eigenvalue weighted by molar-refractivity contribution is 0.167. The molecule has 0 saturated heterocycles. The first-order chi connectivity index (χ1) is 13.6. The van der Waals surface area contributed by atoms with Gasteiger partial charge in [0.05, 0.1) is 36.1 Å². The van der Waals surface area contributed by atoms with Crippen LogP contribution in [0.15, 0.2) is 19.0 Å². The lowest BCUT2D eigenvalue weighted by Gasteiger charge is -2.31. The highest BCUT2D eigenvalue weighted by Crippen LogP contribution is 2.18. The highest BCUT2D eigenvalue weighted by Gasteiger charge is 2.23. The van der Waals surface area contributed by atoms with Crippen molar-refractivity contribution in [3.8, 4) is 0 Å². The fraction of sp³-hybridized carbons (Fsp3) is 0.526. The van der Waals surface area contributed by atoms with Crippen molar-refractivity contribution in [1.29, 1.82) is 0 Å². The lowest BCUT2D eigenvalue weighted by Crippen LogP contribution is -2.44. The summed E-state index contributed by atoms with van der Waals surface area (Å²) in [6.07, 6.45) is 6.10. The zero-order valence-corrected chi connectivity index (χ0v) is 16.9. The molecule has 0 aliphatic rings. The smallest absolute Gasteiger partial charge is 0.0925 e. The van der Waals surface area contributed by atoms with Gasteiger partial charge in [0, 0.05) is 62.3 Å². The molecule has 0 radical (unpaired) electrons. The van der Waals surface area contributed by atoms with E-state index in [2.05, 4.69) is 60.9 Å². The molecule has 0 fully saturated rings. The number of hydrogen-bond acceptors (Lipinski definition) is 6. The van der Waals surface area contributed by atoms with Crippen molar-refractivity contribution in [2.75, 3.05) is 19.6 Å². The van der Waals surface area contributed by atoms with Crippen LogP contribution in [0.25, 0.3) is 0 Å². The van der Waals surface area contributed by atoms with Crippen LogP contribution < -0.4 is 11.1 Å². The predicted molar refractivity (Wildman–Crippen MR) is 109 cm³/mol. The van der Waals surface area contributed by atoms with Gasteiger partial charge in [0.1, 0.15) is 0 Å². The Morgan fingerprint density at radius 1 is 0.893 bits per heavy atom. The van der Waals surface area contributed by atoms with Gasteiger partial charge < -0.3 is 26.0 Å². The van der Waals surface area contributed by atoms with Crippen LogP contribution in [-0.4, -0.2) is 60.5 Å². The molecule has 3 rings (SSSR count). The predicted octanol–water partition coefficient (Wildman–Crippen LogP) is 0.943. The number of nitrogens with two attached hydrogens (primary N) is 1. The maximum atomic E-state index is 5.69. The minimum absolute atomic E-state index is 0.223. The Bertz CT molecular complexity index is 805. The maximum absolute atomic E-state index is 5.69. The van der Waals surface area contributed by atoms with Crippen LogP contribution >= 0.6 is 0 Å². The number of rotatable bonds is 11. The first-order valence-electron chi connectivity index (χ1n) is 9.69. The molecule has 0 spiro atoms. The second-order valence-corrected chi connectivity index (χ2v) is 7.18. The molecule has 0 aromatic carbocycles. The summed E-state index contributed by atoms with van der Waals surface area (Å²) in [5.41, 5.74) is 12.2. The van der Waals surface area contributed by atoms with E-state index in [1.165, 1.54) is 0 Å². The molecule has 0 aliphatic heterocycles. The van der Waals surface area contributed by atoms with Gasteiger partial charge in [0.25, 0.3) is 0 Å². The van der Waals surface area contributed by atoms with Crippen molar-refractivity contribution in [2.24, 2.45) is 5.73 Å². The molecule has 152 valence electrons. The average Bonchev–Trinajstić information content (AvgIpc) is 3.38. The summed E-state index contributed by atoms with van der Waals surface area (Å²) in [6, 6.07) is 0.223. The van der Waals surface area contributed by atoms with Crippen molar-refractivity contribution in [1.82, 2.24) is 40.1 Å². The molecule has 0 saturated carbocycles. The van der Waals surface area contributed by atoms with Crippen LogP contribution in [0, 0.1) is 20.8 Å². The largest absolute Gasteiger partial charge is 0.348 e. The van der Waals surface area contributed by atoms with Gasteiger partial charge in [-0.05, 0) is 20.8 Å². The summed E-state index contributed by atoms with van der Waals surface area (Å²) in [7, 11) is 0. The Morgan fingerprint density at radius 2 is 1.39 bits per heavy atom. The van der Waals surface area contributed by atoms with Crippen molar-refractivity contribution in [3.05, 3.63) is 53.1 Å². The monoisotopic (exact) mass is 385 g/mol. The molecule has 0 amide bonds. The van der Waals surface area contributed by atoms with Gasteiger partial charge in [-0.1, -0.05) is 0 Å². The zero-order chi connectivity index (χ0) is 19.9. The third-order valence-corrected chi connectivity index (χ3v) is 5.16. The van der Waals surface area contributed by atoms with E-state index in [1.54, 1.807) is 19.0 Å². The summed E-state index contributed by atoms with van der Waals surface area (Å²) >= 11 is 0. The van der Waals surface area contributed by atoms with E-state index >= 15 is 0 Å². The number of nitrogens with one attached hydrogen (secondary N) is 4. The minimum atomic E-state index is 0.223. The van der Waals surface area contributed by atoms with Crippen LogP contribution in [-0.2, 0) is 19.5 Å². The van der Waals surface area contributed by atoms with E-state index in [0.717, 1.165) is 66.8 Å². The molecule has 6 N–H and O–H groups in total. The van der Waals surface area contributed by atoms with E-state index in [9.17, 15) is 0 Å². The molecule has 9 nitrogen and oxygen atoms in total. The second kappa shape index (κ2) is 9.63. The Morgan fingerprint density at radius 3 is 1.82 bits per heavy atom. The van der Waals surface area contributed by atoms with Crippen molar-refractivity contribution in [3.63, 3.8) is 0 Å². The molecule has 28 heavy (non-hydrogen) atoms. The highest BCUT2D eigenvalue weighted by molar-refractivity contribution is 5.14. The highest BCUT2D eigenvalue weighted by atomic mass is 15.2. The van der Waals surface area contributed by atoms with Gasteiger partial charge in [0.2, 0.25) is 0 Å². The molecule has 1 atom stereocenters. The fourth-order valence-corrected chi connectivity index (χ4v) is 3.31. The van der Waals surface area contributed by atoms with Crippen molar-refractivity contribution < 1.29 is 0 Å². The normalized spacial score (nSPS) is 12.8. The SMILES string of the molecule is Cc1[nH]cnc1CC(CNCCN)N(Cc1nc[nH]c1C)Cc1nc[nH]c1C. The summed E-state index contributed by atoms with van der Waals surface area (Å²) < 4.78 is 0. The Kier molecular flexibility index (Phi) is 6.96. The Hall–Kier alpha value is -2.49. The number of aromatic nitrogens is 6. The molecule has 0 bridgehead atoms. The number of imidazole rings is 3. The molecule has 9 heteroatoms. The van der Waals surface area contributed by atoms with Gasteiger partial charge in [-0.15, -0.1) is 0 Å². The molecule has 1 unspecified atom stereocenters. The molecule has 0 aliphatic carbocycles. The van der Waals surface area contributed by atoms with E-state index in [1.807, 2.05) is 0 Å².